The Hall–Kier alpha value is -2.37. The van der Waals surface area contributed by atoms with Gasteiger partial charge in [0.15, 0.2) is 0 Å². The Kier molecular flexibility index (Phi) is 5.59. The molecule has 24 heavy (non-hydrogen) atoms. The van der Waals surface area contributed by atoms with E-state index in [1.165, 1.54) is 10.5 Å². The van der Waals surface area contributed by atoms with E-state index in [1.54, 1.807) is 0 Å². The van der Waals surface area contributed by atoms with Gasteiger partial charge in [0.1, 0.15) is 6.54 Å². The molecule has 1 aliphatic heterocycles. The number of benzene rings is 1. The number of rotatable bonds is 5. The van der Waals surface area contributed by atoms with E-state index in [9.17, 15) is 14.4 Å². The smallest absolute Gasteiger partial charge is 0.324 e. The number of nitrogens with one attached hydrogen (secondary N) is 2. The van der Waals surface area contributed by atoms with Crippen LogP contribution in [0, 0.1) is 0 Å². The average Bonchev–Trinajstić information content (AvgIpc) is 2.50. The SMILES string of the molecule is CC(C)(C)c1ccc(CCNC(=O)CN2CCC(=O)NC2=O)cc1. The van der Waals surface area contributed by atoms with Crippen LogP contribution in [0.3, 0.4) is 0 Å². The van der Waals surface area contributed by atoms with Crippen LogP contribution in [-0.4, -0.2) is 42.4 Å². The van der Waals surface area contributed by atoms with Gasteiger partial charge in [0.05, 0.1) is 0 Å². The predicted octanol–water partition coefficient (Wildman–Crippen LogP) is 1.58. The van der Waals surface area contributed by atoms with Gasteiger partial charge in [0, 0.05) is 19.5 Å². The van der Waals surface area contributed by atoms with Gasteiger partial charge in [0.25, 0.3) is 0 Å². The average molecular weight is 331 g/mol. The van der Waals surface area contributed by atoms with Gasteiger partial charge in [-0.05, 0) is 23.0 Å². The summed E-state index contributed by atoms with van der Waals surface area (Å²) in [5.41, 5.74) is 2.56. The number of carbonyl (C=O) groups excluding carboxylic acids is 3. The van der Waals surface area contributed by atoms with Crippen LogP contribution in [0.25, 0.3) is 0 Å². The molecule has 1 fully saturated rings. The summed E-state index contributed by atoms with van der Waals surface area (Å²) >= 11 is 0. The molecule has 1 saturated heterocycles. The Labute approximate surface area is 142 Å². The maximum absolute atomic E-state index is 11.9. The van der Waals surface area contributed by atoms with Crippen molar-refractivity contribution in [2.24, 2.45) is 0 Å². The van der Waals surface area contributed by atoms with E-state index in [4.69, 9.17) is 0 Å². The van der Waals surface area contributed by atoms with Crippen LogP contribution >= 0.6 is 0 Å². The van der Waals surface area contributed by atoms with Crippen LogP contribution in [0.2, 0.25) is 0 Å². The fourth-order valence-corrected chi connectivity index (χ4v) is 2.50. The molecule has 2 N–H and O–H groups in total. The Morgan fingerprint density at radius 1 is 1.21 bits per heavy atom. The van der Waals surface area contributed by atoms with E-state index >= 15 is 0 Å². The number of nitrogens with zero attached hydrogens (tertiary/aromatic N) is 1. The first-order valence-corrected chi connectivity index (χ1v) is 8.20. The summed E-state index contributed by atoms with van der Waals surface area (Å²) in [6.45, 7) is 7.29. The fourth-order valence-electron chi connectivity index (χ4n) is 2.50. The molecule has 0 unspecified atom stereocenters. The number of urea groups is 1. The number of imide groups is 1. The van der Waals surface area contributed by atoms with Gasteiger partial charge < -0.3 is 10.2 Å². The molecule has 6 heteroatoms. The van der Waals surface area contributed by atoms with Crippen LogP contribution in [0.15, 0.2) is 24.3 Å². The summed E-state index contributed by atoms with van der Waals surface area (Å²) in [6.07, 6.45) is 0.972. The van der Waals surface area contributed by atoms with Crippen molar-refractivity contribution >= 4 is 17.8 Å². The zero-order chi connectivity index (χ0) is 17.7. The summed E-state index contributed by atoms with van der Waals surface area (Å²) in [7, 11) is 0. The quantitative estimate of drug-likeness (QED) is 0.860. The van der Waals surface area contributed by atoms with Gasteiger partial charge in [-0.2, -0.15) is 0 Å². The maximum atomic E-state index is 11.9. The van der Waals surface area contributed by atoms with Crippen molar-refractivity contribution < 1.29 is 14.4 Å². The molecule has 1 heterocycles. The van der Waals surface area contributed by atoms with E-state index in [2.05, 4.69) is 55.7 Å². The first-order chi connectivity index (χ1) is 11.3. The molecular formula is C18H25N3O3. The molecule has 6 nitrogen and oxygen atoms in total. The molecule has 0 spiro atoms. The molecule has 0 atom stereocenters. The van der Waals surface area contributed by atoms with Crippen LogP contribution < -0.4 is 10.6 Å². The molecule has 4 amide bonds. The van der Waals surface area contributed by atoms with Gasteiger partial charge >= 0.3 is 6.03 Å². The summed E-state index contributed by atoms with van der Waals surface area (Å²) < 4.78 is 0. The second kappa shape index (κ2) is 7.47. The highest BCUT2D eigenvalue weighted by Crippen LogP contribution is 2.22. The molecule has 0 radical (unpaired) electrons. The minimum Gasteiger partial charge on any atom is -0.354 e. The summed E-state index contributed by atoms with van der Waals surface area (Å²) in [6, 6.07) is 7.89. The van der Waals surface area contributed by atoms with Crippen molar-refractivity contribution in [3.63, 3.8) is 0 Å². The van der Waals surface area contributed by atoms with Gasteiger partial charge in [-0.25, -0.2) is 4.79 Å². The molecule has 130 valence electrons. The van der Waals surface area contributed by atoms with Crippen LogP contribution in [0.4, 0.5) is 4.79 Å². The van der Waals surface area contributed by atoms with Crippen LogP contribution in [-0.2, 0) is 21.4 Å². The number of amides is 4. The lowest BCUT2D eigenvalue weighted by atomic mass is 9.86. The molecule has 1 aromatic rings. The van der Waals surface area contributed by atoms with E-state index < -0.39 is 6.03 Å². The number of hydrogen-bond acceptors (Lipinski definition) is 3. The van der Waals surface area contributed by atoms with E-state index in [0.29, 0.717) is 6.54 Å². The van der Waals surface area contributed by atoms with Crippen molar-refractivity contribution in [3.8, 4) is 0 Å². The third-order valence-electron chi connectivity index (χ3n) is 4.03. The van der Waals surface area contributed by atoms with E-state index in [0.717, 1.165) is 12.0 Å². The Bertz CT molecular complexity index is 617. The normalized spacial score (nSPS) is 15.2. The monoisotopic (exact) mass is 331 g/mol. The van der Waals surface area contributed by atoms with Crippen molar-refractivity contribution in [2.45, 2.75) is 39.0 Å². The lowest BCUT2D eigenvalue weighted by molar-refractivity contribution is -0.125. The molecule has 2 rings (SSSR count). The zero-order valence-electron chi connectivity index (χ0n) is 14.5. The largest absolute Gasteiger partial charge is 0.354 e. The highest BCUT2D eigenvalue weighted by atomic mass is 16.2. The highest BCUT2D eigenvalue weighted by Gasteiger charge is 2.24. The van der Waals surface area contributed by atoms with E-state index in [-0.39, 0.29) is 36.7 Å². The summed E-state index contributed by atoms with van der Waals surface area (Å²) in [4.78, 5) is 35.9. The van der Waals surface area contributed by atoms with Crippen molar-refractivity contribution in [2.75, 3.05) is 19.6 Å². The minimum absolute atomic E-state index is 0.0257. The number of carbonyl (C=O) groups is 3. The third kappa shape index (κ3) is 5.08. The molecule has 1 aromatic carbocycles. The first kappa shape index (κ1) is 18.0. The Morgan fingerprint density at radius 2 is 1.88 bits per heavy atom. The second-order valence-corrected chi connectivity index (χ2v) is 7.07. The van der Waals surface area contributed by atoms with Gasteiger partial charge in [-0.3, -0.25) is 14.9 Å². The maximum Gasteiger partial charge on any atom is 0.324 e. The molecule has 0 aromatic heterocycles. The lowest BCUT2D eigenvalue weighted by Crippen LogP contribution is -2.52. The second-order valence-electron chi connectivity index (χ2n) is 7.07. The van der Waals surface area contributed by atoms with Crippen molar-refractivity contribution in [1.82, 2.24) is 15.5 Å². The number of hydrogen-bond donors (Lipinski definition) is 2. The fraction of sp³-hybridized carbons (Fsp3) is 0.500. The molecule has 0 saturated carbocycles. The molecule has 0 aliphatic carbocycles. The zero-order valence-corrected chi connectivity index (χ0v) is 14.5. The van der Waals surface area contributed by atoms with Crippen molar-refractivity contribution in [3.05, 3.63) is 35.4 Å². The Morgan fingerprint density at radius 3 is 2.46 bits per heavy atom. The third-order valence-corrected chi connectivity index (χ3v) is 4.03. The topological polar surface area (TPSA) is 78.5 Å². The first-order valence-electron chi connectivity index (χ1n) is 8.20. The van der Waals surface area contributed by atoms with Crippen molar-refractivity contribution in [1.29, 1.82) is 0 Å². The minimum atomic E-state index is -0.501. The van der Waals surface area contributed by atoms with Gasteiger partial charge in [0.2, 0.25) is 11.8 Å². The lowest BCUT2D eigenvalue weighted by Gasteiger charge is -2.25. The van der Waals surface area contributed by atoms with Gasteiger partial charge in [-0.1, -0.05) is 45.0 Å². The molecular weight excluding hydrogens is 306 g/mol. The summed E-state index contributed by atoms with van der Waals surface area (Å²) in [5.74, 6) is -0.513. The standard InChI is InChI=1S/C18H25N3O3/c1-18(2,3)14-6-4-13(5-7-14)8-10-19-16(23)12-21-11-9-15(22)20-17(21)24/h4-7H,8-12H2,1-3H3,(H,19,23)(H,20,22,24). The molecule has 1 aliphatic rings. The Balaban J connectivity index is 1.74. The van der Waals surface area contributed by atoms with Gasteiger partial charge in [-0.15, -0.1) is 0 Å². The van der Waals surface area contributed by atoms with E-state index in [1.807, 2.05) is 0 Å². The molecule has 0 bridgehead atoms. The predicted molar refractivity (Wildman–Crippen MR) is 91.6 cm³/mol. The highest BCUT2D eigenvalue weighted by molar-refractivity contribution is 5.98. The summed E-state index contributed by atoms with van der Waals surface area (Å²) in [5, 5.41) is 5.01. The van der Waals surface area contributed by atoms with Crippen LogP contribution in [0.1, 0.15) is 38.3 Å². The van der Waals surface area contributed by atoms with Crippen LogP contribution in [0.5, 0.6) is 0 Å².